The van der Waals surface area contributed by atoms with Crippen molar-refractivity contribution < 1.29 is 8.91 Å². The average molecular weight is 261 g/mol. The van der Waals surface area contributed by atoms with Crippen molar-refractivity contribution in [2.24, 2.45) is 0 Å². The van der Waals surface area contributed by atoms with Crippen molar-refractivity contribution in [1.82, 2.24) is 5.16 Å². The fraction of sp³-hybridized carbons (Fsp3) is 0.357. The molecule has 0 radical (unpaired) electrons. The molecule has 3 rings (SSSR count). The quantitative estimate of drug-likeness (QED) is 0.902. The number of anilines is 2. The minimum absolute atomic E-state index is 0.226. The van der Waals surface area contributed by atoms with Gasteiger partial charge in [-0.25, -0.2) is 4.39 Å². The molecule has 1 aliphatic heterocycles. The molecule has 0 saturated carbocycles. The molecule has 5 heteroatoms. The van der Waals surface area contributed by atoms with Gasteiger partial charge in [0.1, 0.15) is 5.82 Å². The summed E-state index contributed by atoms with van der Waals surface area (Å²) in [6.07, 6.45) is 5.12. The van der Waals surface area contributed by atoms with E-state index in [0.717, 1.165) is 37.2 Å². The summed E-state index contributed by atoms with van der Waals surface area (Å²) in [5.74, 6) is -0.0554. The van der Waals surface area contributed by atoms with Crippen molar-refractivity contribution in [1.29, 1.82) is 0 Å². The van der Waals surface area contributed by atoms with Gasteiger partial charge in [-0.15, -0.1) is 0 Å². The van der Waals surface area contributed by atoms with E-state index in [4.69, 9.17) is 10.3 Å². The van der Waals surface area contributed by atoms with Crippen molar-refractivity contribution in [3.05, 3.63) is 30.2 Å². The topological polar surface area (TPSA) is 55.3 Å². The summed E-state index contributed by atoms with van der Waals surface area (Å²) in [4.78, 5) is 2.27. The first-order valence-electron chi connectivity index (χ1n) is 6.51. The van der Waals surface area contributed by atoms with Crippen LogP contribution >= 0.6 is 0 Å². The number of nitrogens with zero attached hydrogens (tertiary/aromatic N) is 2. The molecule has 19 heavy (non-hydrogen) atoms. The highest BCUT2D eigenvalue weighted by molar-refractivity contribution is 5.83. The Labute approximate surface area is 111 Å². The molecule has 1 aliphatic rings. The third kappa shape index (κ3) is 2.28. The number of rotatable bonds is 2. The number of aromatic nitrogens is 1. The largest absolute Gasteiger partial charge is 0.371 e. The molecule has 0 aliphatic carbocycles. The Morgan fingerprint density at radius 1 is 1.16 bits per heavy atom. The molecule has 2 heterocycles. The van der Waals surface area contributed by atoms with Crippen LogP contribution in [0.5, 0.6) is 0 Å². The summed E-state index contributed by atoms with van der Waals surface area (Å²) in [5, 5.41) is 3.67. The maximum atomic E-state index is 13.5. The molecule has 2 N–H and O–H groups in total. The summed E-state index contributed by atoms with van der Waals surface area (Å²) in [6.45, 7) is 1.98. The first-order valence-corrected chi connectivity index (χ1v) is 6.51. The number of hydrogen-bond donors (Lipinski definition) is 1. The third-order valence-corrected chi connectivity index (χ3v) is 3.54. The Morgan fingerprint density at radius 3 is 2.63 bits per heavy atom. The van der Waals surface area contributed by atoms with Gasteiger partial charge in [-0.2, -0.15) is 0 Å². The normalized spacial score (nSPS) is 15.7. The van der Waals surface area contributed by atoms with Crippen molar-refractivity contribution in [2.75, 3.05) is 23.7 Å². The molecule has 0 bridgehead atoms. The Kier molecular flexibility index (Phi) is 3.11. The highest BCUT2D eigenvalue weighted by Crippen LogP contribution is 2.35. The first-order chi connectivity index (χ1) is 9.25. The second-order valence-corrected chi connectivity index (χ2v) is 4.81. The molecule has 2 aromatic rings. The van der Waals surface area contributed by atoms with Crippen LogP contribution in [0.15, 0.2) is 28.9 Å². The van der Waals surface area contributed by atoms with Gasteiger partial charge in [0.25, 0.3) is 0 Å². The summed E-state index contributed by atoms with van der Waals surface area (Å²) in [6, 6.07) is 4.78. The summed E-state index contributed by atoms with van der Waals surface area (Å²) in [5.41, 5.74) is 8.15. The molecule has 100 valence electrons. The van der Waals surface area contributed by atoms with Crippen LogP contribution in [0.2, 0.25) is 0 Å². The standard InChI is InChI=1S/C14H16FN3O/c15-10-4-5-13(18-6-2-1-3-7-18)11(8-10)12-9-17-19-14(12)16/h4-5,8-9H,1-3,6-7,16H2. The molecule has 1 fully saturated rings. The lowest BCUT2D eigenvalue weighted by Gasteiger charge is -2.30. The molecular weight excluding hydrogens is 245 g/mol. The van der Waals surface area contributed by atoms with Crippen LogP contribution in [0.3, 0.4) is 0 Å². The highest BCUT2D eigenvalue weighted by atomic mass is 19.1. The van der Waals surface area contributed by atoms with E-state index in [9.17, 15) is 4.39 Å². The minimum Gasteiger partial charge on any atom is -0.371 e. The fourth-order valence-corrected chi connectivity index (χ4v) is 2.59. The Hall–Kier alpha value is -2.04. The van der Waals surface area contributed by atoms with Crippen molar-refractivity contribution in [3.63, 3.8) is 0 Å². The molecule has 0 spiro atoms. The zero-order chi connectivity index (χ0) is 13.2. The van der Waals surface area contributed by atoms with Gasteiger partial charge in [0.15, 0.2) is 0 Å². The zero-order valence-electron chi connectivity index (χ0n) is 10.6. The predicted molar refractivity (Wildman–Crippen MR) is 72.4 cm³/mol. The number of benzene rings is 1. The van der Waals surface area contributed by atoms with Crippen LogP contribution in [-0.4, -0.2) is 18.2 Å². The van der Waals surface area contributed by atoms with Crippen molar-refractivity contribution >= 4 is 11.6 Å². The fourth-order valence-electron chi connectivity index (χ4n) is 2.59. The van der Waals surface area contributed by atoms with Gasteiger partial charge in [0.05, 0.1) is 11.8 Å². The van der Waals surface area contributed by atoms with Gasteiger partial charge < -0.3 is 15.2 Å². The molecule has 0 amide bonds. The molecule has 4 nitrogen and oxygen atoms in total. The van der Waals surface area contributed by atoms with Crippen LogP contribution in [0.4, 0.5) is 16.0 Å². The maximum absolute atomic E-state index is 13.5. The van der Waals surface area contributed by atoms with Crippen molar-refractivity contribution in [2.45, 2.75) is 19.3 Å². The van der Waals surface area contributed by atoms with Crippen LogP contribution in [0.1, 0.15) is 19.3 Å². The Morgan fingerprint density at radius 2 is 1.95 bits per heavy atom. The SMILES string of the molecule is Nc1oncc1-c1cc(F)ccc1N1CCCCC1. The molecule has 1 aromatic heterocycles. The lowest BCUT2D eigenvalue weighted by Crippen LogP contribution is -2.29. The van der Waals surface area contributed by atoms with E-state index in [1.165, 1.54) is 24.8 Å². The van der Waals surface area contributed by atoms with Gasteiger partial charge >= 0.3 is 0 Å². The summed E-state index contributed by atoms with van der Waals surface area (Å²) in [7, 11) is 0. The zero-order valence-corrected chi connectivity index (χ0v) is 10.6. The Balaban J connectivity index is 2.06. The van der Waals surface area contributed by atoms with Gasteiger partial charge in [-0.1, -0.05) is 5.16 Å². The van der Waals surface area contributed by atoms with Crippen LogP contribution < -0.4 is 10.6 Å². The smallest absolute Gasteiger partial charge is 0.230 e. The average Bonchev–Trinajstić information content (AvgIpc) is 2.86. The second-order valence-electron chi connectivity index (χ2n) is 4.81. The molecule has 1 aromatic carbocycles. The van der Waals surface area contributed by atoms with Gasteiger partial charge in [-0.05, 0) is 37.5 Å². The van der Waals surface area contributed by atoms with Crippen molar-refractivity contribution in [3.8, 4) is 11.1 Å². The second kappa shape index (κ2) is 4.91. The number of hydrogen-bond acceptors (Lipinski definition) is 4. The molecule has 0 unspecified atom stereocenters. The number of nitrogen functional groups attached to an aromatic ring is 1. The highest BCUT2D eigenvalue weighted by Gasteiger charge is 2.18. The van der Waals surface area contributed by atoms with E-state index < -0.39 is 0 Å². The van der Waals surface area contributed by atoms with Crippen LogP contribution in [0, 0.1) is 5.82 Å². The number of piperidine rings is 1. The molecule has 1 saturated heterocycles. The number of nitrogens with two attached hydrogens (primary N) is 1. The lowest BCUT2D eigenvalue weighted by atomic mass is 10.0. The molecule has 0 atom stereocenters. The van der Waals surface area contributed by atoms with Gasteiger partial charge in [0.2, 0.25) is 5.88 Å². The van der Waals surface area contributed by atoms with E-state index in [-0.39, 0.29) is 11.7 Å². The maximum Gasteiger partial charge on any atom is 0.230 e. The number of halogens is 1. The van der Waals surface area contributed by atoms with E-state index in [1.807, 2.05) is 6.07 Å². The molecular formula is C14H16FN3O. The lowest BCUT2D eigenvalue weighted by molar-refractivity contribution is 0.436. The minimum atomic E-state index is -0.281. The predicted octanol–water partition coefficient (Wildman–Crippen LogP) is 3.05. The van der Waals surface area contributed by atoms with Gasteiger partial charge in [0, 0.05) is 24.3 Å². The van der Waals surface area contributed by atoms with Crippen LogP contribution in [0.25, 0.3) is 11.1 Å². The van der Waals surface area contributed by atoms with Crippen LogP contribution in [-0.2, 0) is 0 Å². The third-order valence-electron chi connectivity index (χ3n) is 3.54. The Bertz CT molecular complexity index is 576. The van der Waals surface area contributed by atoms with E-state index in [0.29, 0.717) is 5.56 Å². The van der Waals surface area contributed by atoms with E-state index >= 15 is 0 Å². The van der Waals surface area contributed by atoms with Gasteiger partial charge in [-0.3, -0.25) is 0 Å². The van der Waals surface area contributed by atoms with E-state index in [1.54, 1.807) is 0 Å². The summed E-state index contributed by atoms with van der Waals surface area (Å²) < 4.78 is 18.4. The monoisotopic (exact) mass is 261 g/mol. The summed E-state index contributed by atoms with van der Waals surface area (Å²) >= 11 is 0. The van der Waals surface area contributed by atoms with E-state index in [2.05, 4.69) is 10.1 Å². The first kappa shape index (κ1) is 12.0.